The lowest BCUT2D eigenvalue weighted by atomic mass is 9.93. The minimum absolute atomic E-state index is 0.514. The molecular weight excluding hydrogens is 1300 g/mol. The highest BCUT2D eigenvalue weighted by atomic mass is 16.3. The molecule has 106 heavy (non-hydrogen) atoms. The van der Waals surface area contributed by atoms with Crippen molar-refractivity contribution >= 4 is 87.5 Å². The third kappa shape index (κ3) is 10.0. The van der Waals surface area contributed by atoms with Crippen LogP contribution < -0.4 is 0 Å². The molecule has 0 saturated heterocycles. The molecule has 0 fully saturated rings. The monoisotopic (exact) mass is 1350 g/mol. The van der Waals surface area contributed by atoms with Crippen molar-refractivity contribution in [3.05, 3.63) is 352 Å². The number of rotatable bonds is 12. The minimum Gasteiger partial charge on any atom is -0.455 e. The smallest absolute Gasteiger partial charge is 0.167 e. The lowest BCUT2D eigenvalue weighted by Crippen LogP contribution is -2.00. The van der Waals surface area contributed by atoms with E-state index in [4.69, 9.17) is 38.7 Å². The van der Waals surface area contributed by atoms with Gasteiger partial charge in [-0.3, -0.25) is 0 Å². The van der Waals surface area contributed by atoms with Crippen LogP contribution in [0, 0.1) is 0 Å². The largest absolute Gasteiger partial charge is 0.455 e. The molecule has 0 saturated carbocycles. The van der Waals surface area contributed by atoms with E-state index in [1.807, 2.05) is 97.1 Å². The van der Waals surface area contributed by atoms with Crippen LogP contribution >= 0.6 is 0 Å². The molecule has 10 heteroatoms. The maximum atomic E-state index is 7.04. The third-order valence-electron chi connectivity index (χ3n) is 20.6. The highest BCUT2D eigenvalue weighted by molar-refractivity contribution is 6.21. The zero-order valence-corrected chi connectivity index (χ0v) is 56.9. The van der Waals surface area contributed by atoms with E-state index in [2.05, 4.69) is 264 Å². The second-order valence-corrected chi connectivity index (χ2v) is 26.8. The molecule has 0 bridgehead atoms. The predicted octanol–water partition coefficient (Wildman–Crippen LogP) is 24.7. The quantitative estimate of drug-likeness (QED) is 0.119. The summed E-state index contributed by atoms with van der Waals surface area (Å²) in [4.78, 5) is 31.2. The van der Waals surface area contributed by atoms with Crippen LogP contribution in [0.1, 0.15) is 0 Å². The maximum Gasteiger partial charge on any atom is 0.167 e. The second-order valence-electron chi connectivity index (χ2n) is 26.8. The Morgan fingerprint density at radius 3 is 1.24 bits per heavy atom. The zero-order valence-electron chi connectivity index (χ0n) is 56.9. The van der Waals surface area contributed by atoms with Crippen molar-refractivity contribution in [2.45, 2.75) is 0 Å². The van der Waals surface area contributed by atoms with Crippen LogP contribution in [-0.2, 0) is 0 Å². The SMILES string of the molecule is c1ccc(-c2cc(-c3ccc(-c4cccc(-c5nc(-c6ccccc6)nc(-c6cccc7c6oc6cccc(-c8ccc9c%10ccccc%10n(-c%10ccccc%10)c9c8)c67)n5)c4)cc3)c3c4ccccc4n(-c4cccc5oc6c(-c7nc(-c8ccccc8)nc(-c8ccccc8)n7)cccc6c45)c3c2)cc1. The van der Waals surface area contributed by atoms with Gasteiger partial charge in [0.2, 0.25) is 0 Å². The van der Waals surface area contributed by atoms with Gasteiger partial charge in [-0.2, -0.15) is 0 Å². The van der Waals surface area contributed by atoms with Crippen molar-refractivity contribution in [1.82, 2.24) is 39.0 Å². The number of fused-ring (bicyclic) bond motifs is 12. The highest BCUT2D eigenvalue weighted by Crippen LogP contribution is 2.47. The molecule has 6 aromatic heterocycles. The molecule has 0 spiro atoms. The van der Waals surface area contributed by atoms with Gasteiger partial charge >= 0.3 is 0 Å². The number of para-hydroxylation sites is 5. The molecule has 21 rings (SSSR count). The first-order chi connectivity index (χ1) is 52.5. The Morgan fingerprint density at radius 2 is 0.613 bits per heavy atom. The minimum atomic E-state index is 0.514. The van der Waals surface area contributed by atoms with Gasteiger partial charge in [0, 0.05) is 65.6 Å². The van der Waals surface area contributed by atoms with Crippen molar-refractivity contribution in [2.24, 2.45) is 0 Å². The summed E-state index contributed by atoms with van der Waals surface area (Å²) in [6.07, 6.45) is 0. The normalized spacial score (nSPS) is 11.8. The number of benzene rings is 15. The molecule has 15 aromatic carbocycles. The summed E-state index contributed by atoms with van der Waals surface area (Å²) in [5.74, 6) is 3.32. The van der Waals surface area contributed by atoms with Crippen molar-refractivity contribution in [2.75, 3.05) is 0 Å². The van der Waals surface area contributed by atoms with E-state index in [9.17, 15) is 0 Å². The summed E-state index contributed by atoms with van der Waals surface area (Å²) in [5, 5.41) is 8.62. The second kappa shape index (κ2) is 24.7. The van der Waals surface area contributed by atoms with E-state index < -0.39 is 0 Å². The fourth-order valence-corrected chi connectivity index (χ4v) is 15.8. The van der Waals surface area contributed by atoms with Crippen LogP contribution in [0.15, 0.2) is 361 Å². The van der Waals surface area contributed by atoms with Crippen LogP contribution in [0.5, 0.6) is 0 Å². The molecule has 0 aliphatic heterocycles. The van der Waals surface area contributed by atoms with Gasteiger partial charge in [-0.15, -0.1) is 0 Å². The van der Waals surface area contributed by atoms with Gasteiger partial charge in [0.05, 0.1) is 44.3 Å². The van der Waals surface area contributed by atoms with Crippen molar-refractivity contribution in [3.8, 4) is 124 Å². The molecule has 10 nitrogen and oxygen atoms in total. The van der Waals surface area contributed by atoms with E-state index >= 15 is 0 Å². The molecule has 21 aromatic rings. The van der Waals surface area contributed by atoms with Crippen LogP contribution in [0.25, 0.3) is 212 Å². The van der Waals surface area contributed by atoms with Gasteiger partial charge in [-0.1, -0.05) is 273 Å². The van der Waals surface area contributed by atoms with Crippen LogP contribution in [0.2, 0.25) is 0 Å². The summed E-state index contributed by atoms with van der Waals surface area (Å²) < 4.78 is 18.8. The Balaban J connectivity index is 0.668. The number of hydrogen-bond donors (Lipinski definition) is 0. The molecule has 0 radical (unpaired) electrons. The first kappa shape index (κ1) is 60.3. The molecule has 6 heterocycles. The Bertz CT molecular complexity index is 6990. The van der Waals surface area contributed by atoms with E-state index in [1.54, 1.807) is 0 Å². The summed E-state index contributed by atoms with van der Waals surface area (Å²) in [5.41, 5.74) is 23.2. The first-order valence-corrected chi connectivity index (χ1v) is 35.6. The molecular formula is C96H58N8O2. The molecule has 494 valence electrons. The Labute approximate surface area is 607 Å². The fraction of sp³-hybridized carbons (Fsp3) is 0. The van der Waals surface area contributed by atoms with Gasteiger partial charge in [0.1, 0.15) is 22.3 Å². The van der Waals surface area contributed by atoms with Crippen molar-refractivity contribution < 1.29 is 8.83 Å². The van der Waals surface area contributed by atoms with Crippen molar-refractivity contribution in [1.29, 1.82) is 0 Å². The van der Waals surface area contributed by atoms with Crippen LogP contribution in [0.3, 0.4) is 0 Å². The highest BCUT2D eigenvalue weighted by Gasteiger charge is 2.26. The Kier molecular flexibility index (Phi) is 14.0. The lowest BCUT2D eigenvalue weighted by Gasteiger charge is -2.14. The predicted molar refractivity (Wildman–Crippen MR) is 431 cm³/mol. The van der Waals surface area contributed by atoms with Gasteiger partial charge in [-0.25, -0.2) is 29.9 Å². The summed E-state index contributed by atoms with van der Waals surface area (Å²) in [6, 6.07) is 123. The maximum absolute atomic E-state index is 7.04. The number of aromatic nitrogens is 8. The van der Waals surface area contributed by atoms with Gasteiger partial charge in [0.25, 0.3) is 0 Å². The average molecular weight is 1360 g/mol. The topological polar surface area (TPSA) is 113 Å². The third-order valence-corrected chi connectivity index (χ3v) is 20.6. The molecule has 0 atom stereocenters. The van der Waals surface area contributed by atoms with E-state index in [1.165, 1.54) is 10.8 Å². The van der Waals surface area contributed by atoms with Crippen molar-refractivity contribution in [3.63, 3.8) is 0 Å². The molecule has 0 N–H and O–H groups in total. The Hall–Kier alpha value is -14.5. The molecule has 0 aliphatic carbocycles. The van der Waals surface area contributed by atoms with E-state index in [0.717, 1.165) is 155 Å². The number of hydrogen-bond acceptors (Lipinski definition) is 8. The lowest BCUT2D eigenvalue weighted by molar-refractivity contribution is 0.669. The average Bonchev–Trinajstić information content (AvgIpc) is 1.61. The van der Waals surface area contributed by atoms with Crippen LogP contribution in [-0.4, -0.2) is 39.0 Å². The molecule has 0 unspecified atom stereocenters. The standard InChI is InChI=1S/C96H58N8O2/c1-6-25-59(26-7-1)68-56-78(86-73-38-17-19-45-80(73)104(83(86)58-68)81-46-24-48-85-88(81)75-41-22-43-77(90(75)106-85)95-99-91(62-27-8-2-9-28-62)97-92(100-95)63-29-10-3-11-30-63)61-51-49-60(50-52-61)65-33-20-34-67(55-65)94-98-93(64-31-12-4-13-32-64)101-96(102-94)76-42-21-40-74-87-70(39-23-47-84(87)105-89(74)76)66-53-54-72-71-37-16-18-44-79(71)103(82(72)57-66)69-35-14-5-15-36-69/h1-58H. The van der Waals surface area contributed by atoms with E-state index in [0.29, 0.717) is 46.1 Å². The number of nitrogens with zero attached hydrogens (tertiary/aromatic N) is 8. The van der Waals surface area contributed by atoms with Gasteiger partial charge in [-0.05, 0) is 123 Å². The number of furan rings is 2. The Morgan fingerprint density at radius 1 is 0.198 bits per heavy atom. The van der Waals surface area contributed by atoms with Gasteiger partial charge in [0.15, 0.2) is 34.9 Å². The van der Waals surface area contributed by atoms with Gasteiger partial charge < -0.3 is 18.0 Å². The summed E-state index contributed by atoms with van der Waals surface area (Å²) >= 11 is 0. The molecule has 0 amide bonds. The molecule has 0 aliphatic rings. The van der Waals surface area contributed by atoms with E-state index in [-0.39, 0.29) is 0 Å². The zero-order chi connectivity index (χ0) is 69.8. The summed E-state index contributed by atoms with van der Waals surface area (Å²) in [7, 11) is 0. The summed E-state index contributed by atoms with van der Waals surface area (Å²) in [6.45, 7) is 0. The van der Waals surface area contributed by atoms with Crippen LogP contribution in [0.4, 0.5) is 0 Å². The fourth-order valence-electron chi connectivity index (χ4n) is 15.8. The first-order valence-electron chi connectivity index (χ1n) is 35.6.